The Morgan fingerprint density at radius 1 is 0.824 bits per heavy atom. The van der Waals surface area contributed by atoms with Crippen molar-refractivity contribution in [1.82, 2.24) is 15.5 Å². The van der Waals surface area contributed by atoms with Crippen molar-refractivity contribution >= 4 is 20.9 Å². The summed E-state index contributed by atoms with van der Waals surface area (Å²) in [7, 11) is -3.80. The van der Waals surface area contributed by atoms with E-state index in [1.807, 2.05) is 48.5 Å². The fourth-order valence-electron chi connectivity index (χ4n) is 4.15. The number of nitrogens with zero attached hydrogens (tertiary/aromatic N) is 1. The van der Waals surface area contributed by atoms with Gasteiger partial charge >= 0.3 is 0 Å². The normalized spacial score (nSPS) is 11.8. The van der Waals surface area contributed by atoms with Crippen LogP contribution in [0.3, 0.4) is 0 Å². The van der Waals surface area contributed by atoms with E-state index >= 15 is 0 Å². The topological polar surface area (TPSA) is 101 Å². The van der Waals surface area contributed by atoms with Crippen molar-refractivity contribution in [1.29, 1.82) is 0 Å². The highest BCUT2D eigenvalue weighted by molar-refractivity contribution is 7.89. The van der Waals surface area contributed by atoms with Crippen molar-refractivity contribution in [3.63, 3.8) is 0 Å². The van der Waals surface area contributed by atoms with Crippen LogP contribution in [-0.2, 0) is 16.6 Å². The number of aromatic nitrogens is 2. The first-order valence-electron chi connectivity index (χ1n) is 10.9. The SMILES string of the molecule is NS(=O)(=O)c1cccc(-c2n[nH]c3ccc(CNC(c4ccccc4)c4ccccc4)cc23)c1. The van der Waals surface area contributed by atoms with Crippen LogP contribution in [0.2, 0.25) is 0 Å². The van der Waals surface area contributed by atoms with E-state index in [0.717, 1.165) is 16.5 Å². The van der Waals surface area contributed by atoms with E-state index in [0.29, 0.717) is 17.8 Å². The summed E-state index contributed by atoms with van der Waals surface area (Å²) in [6.07, 6.45) is 0. The number of hydrogen-bond acceptors (Lipinski definition) is 4. The predicted octanol–water partition coefficient (Wildman–Crippen LogP) is 4.76. The Hall–Kier alpha value is -3.78. The number of rotatable bonds is 7. The van der Waals surface area contributed by atoms with Crippen LogP contribution in [0.25, 0.3) is 22.2 Å². The summed E-state index contributed by atoms with van der Waals surface area (Å²) in [4.78, 5) is 0.0625. The predicted molar refractivity (Wildman–Crippen MR) is 134 cm³/mol. The van der Waals surface area contributed by atoms with Crippen LogP contribution >= 0.6 is 0 Å². The maximum Gasteiger partial charge on any atom is 0.238 e. The molecular weight excluding hydrogens is 444 g/mol. The van der Waals surface area contributed by atoms with Crippen molar-refractivity contribution in [2.45, 2.75) is 17.5 Å². The smallest absolute Gasteiger partial charge is 0.238 e. The van der Waals surface area contributed by atoms with Crippen LogP contribution in [-0.4, -0.2) is 18.6 Å². The molecule has 4 aromatic carbocycles. The van der Waals surface area contributed by atoms with Crippen LogP contribution in [0.4, 0.5) is 0 Å². The van der Waals surface area contributed by atoms with Gasteiger partial charge < -0.3 is 5.32 Å². The maximum atomic E-state index is 11.8. The van der Waals surface area contributed by atoms with Gasteiger partial charge in [-0.3, -0.25) is 5.10 Å². The number of benzene rings is 4. The van der Waals surface area contributed by atoms with Gasteiger partial charge in [0.15, 0.2) is 0 Å². The molecule has 0 radical (unpaired) electrons. The summed E-state index contributed by atoms with van der Waals surface area (Å²) in [5, 5.41) is 17.4. The molecule has 0 unspecified atom stereocenters. The van der Waals surface area contributed by atoms with E-state index in [-0.39, 0.29) is 10.9 Å². The number of nitrogens with two attached hydrogens (primary N) is 1. The van der Waals surface area contributed by atoms with E-state index in [1.165, 1.54) is 17.2 Å². The zero-order valence-corrected chi connectivity index (χ0v) is 19.2. The molecule has 0 aliphatic heterocycles. The molecule has 7 heteroatoms. The Kier molecular flexibility index (Phi) is 5.98. The molecule has 6 nitrogen and oxygen atoms in total. The molecule has 5 aromatic rings. The van der Waals surface area contributed by atoms with Gasteiger partial charge in [-0.05, 0) is 41.0 Å². The molecular formula is C27H24N4O2S. The van der Waals surface area contributed by atoms with Crippen molar-refractivity contribution in [2.75, 3.05) is 0 Å². The van der Waals surface area contributed by atoms with Crippen molar-refractivity contribution in [3.8, 4) is 11.3 Å². The lowest BCUT2D eigenvalue weighted by Gasteiger charge is -2.20. The first-order valence-corrected chi connectivity index (χ1v) is 12.5. The molecule has 0 bridgehead atoms. The molecule has 0 atom stereocenters. The molecule has 1 heterocycles. The highest BCUT2D eigenvalue weighted by atomic mass is 32.2. The third-order valence-electron chi connectivity index (χ3n) is 5.84. The summed E-state index contributed by atoms with van der Waals surface area (Å²) in [6.45, 7) is 0.645. The van der Waals surface area contributed by atoms with Crippen molar-refractivity contribution < 1.29 is 8.42 Å². The van der Waals surface area contributed by atoms with Gasteiger partial charge in [-0.25, -0.2) is 13.6 Å². The fraction of sp³-hybridized carbons (Fsp3) is 0.0741. The standard InChI is InChI=1S/C27H24N4O2S/c28-34(32,33)23-13-7-12-22(17-23)27-24-16-19(14-15-25(24)30-31-27)18-29-26(20-8-3-1-4-9-20)21-10-5-2-6-11-21/h1-17,26,29H,18H2,(H,30,31)(H2,28,32,33). The largest absolute Gasteiger partial charge is 0.302 e. The summed E-state index contributed by atoms with van der Waals surface area (Å²) in [5.74, 6) is 0. The molecule has 0 aliphatic carbocycles. The van der Waals surface area contributed by atoms with E-state index in [4.69, 9.17) is 5.14 Å². The average Bonchev–Trinajstić information content (AvgIpc) is 3.28. The molecule has 0 saturated heterocycles. The quantitative estimate of drug-likeness (QED) is 0.321. The van der Waals surface area contributed by atoms with Gasteiger partial charge in [0.2, 0.25) is 10.0 Å². The summed E-state index contributed by atoms with van der Waals surface area (Å²) < 4.78 is 23.6. The number of H-pyrrole nitrogens is 1. The number of fused-ring (bicyclic) bond motifs is 1. The number of sulfonamides is 1. The minimum absolute atomic E-state index is 0.0494. The Morgan fingerprint density at radius 3 is 2.15 bits per heavy atom. The monoisotopic (exact) mass is 468 g/mol. The Balaban J connectivity index is 1.46. The summed E-state index contributed by atoms with van der Waals surface area (Å²) >= 11 is 0. The number of nitrogens with one attached hydrogen (secondary N) is 2. The summed E-state index contributed by atoms with van der Waals surface area (Å²) in [6, 6.07) is 33.5. The van der Waals surface area contributed by atoms with Gasteiger partial charge in [-0.1, -0.05) is 78.9 Å². The zero-order valence-electron chi connectivity index (χ0n) is 18.3. The van der Waals surface area contributed by atoms with Crippen LogP contribution in [0.15, 0.2) is 108 Å². The van der Waals surface area contributed by atoms with Gasteiger partial charge in [0.05, 0.1) is 22.1 Å². The highest BCUT2D eigenvalue weighted by Gasteiger charge is 2.15. The van der Waals surface area contributed by atoms with Crippen LogP contribution in [0.1, 0.15) is 22.7 Å². The number of primary sulfonamides is 1. The van der Waals surface area contributed by atoms with Crippen molar-refractivity contribution in [3.05, 3.63) is 120 Å². The molecule has 0 fully saturated rings. The minimum atomic E-state index is -3.80. The Bertz CT molecular complexity index is 1490. The third kappa shape index (κ3) is 4.63. The second-order valence-corrected chi connectivity index (χ2v) is 9.72. The number of hydrogen-bond donors (Lipinski definition) is 3. The van der Waals surface area contributed by atoms with Crippen LogP contribution in [0.5, 0.6) is 0 Å². The second kappa shape index (κ2) is 9.23. The Labute approximate surface area is 198 Å². The Morgan fingerprint density at radius 2 is 1.50 bits per heavy atom. The van der Waals surface area contributed by atoms with Crippen LogP contribution < -0.4 is 10.5 Å². The van der Waals surface area contributed by atoms with Gasteiger partial charge in [0.25, 0.3) is 0 Å². The molecule has 1 aromatic heterocycles. The summed E-state index contributed by atoms with van der Waals surface area (Å²) in [5.41, 5.74) is 5.73. The molecule has 0 saturated carbocycles. The van der Waals surface area contributed by atoms with Gasteiger partial charge in [-0.2, -0.15) is 5.10 Å². The van der Waals surface area contributed by atoms with Crippen LogP contribution in [0, 0.1) is 0 Å². The lowest BCUT2D eigenvalue weighted by atomic mass is 9.98. The first-order chi connectivity index (χ1) is 16.5. The maximum absolute atomic E-state index is 11.8. The molecule has 170 valence electrons. The van der Waals surface area contributed by atoms with Crippen molar-refractivity contribution in [2.24, 2.45) is 5.14 Å². The molecule has 0 aliphatic rings. The van der Waals surface area contributed by atoms with E-state index < -0.39 is 10.0 Å². The van der Waals surface area contributed by atoms with E-state index in [1.54, 1.807) is 12.1 Å². The highest BCUT2D eigenvalue weighted by Crippen LogP contribution is 2.29. The van der Waals surface area contributed by atoms with Gasteiger partial charge in [0.1, 0.15) is 0 Å². The average molecular weight is 469 g/mol. The lowest BCUT2D eigenvalue weighted by molar-refractivity contribution is 0.598. The molecule has 4 N–H and O–H groups in total. The second-order valence-electron chi connectivity index (χ2n) is 8.16. The fourth-order valence-corrected chi connectivity index (χ4v) is 4.71. The van der Waals surface area contributed by atoms with E-state index in [2.05, 4.69) is 51.9 Å². The van der Waals surface area contributed by atoms with Gasteiger partial charge in [0, 0.05) is 17.5 Å². The van der Waals surface area contributed by atoms with E-state index in [9.17, 15) is 8.42 Å². The zero-order chi connectivity index (χ0) is 23.5. The molecule has 0 amide bonds. The lowest BCUT2D eigenvalue weighted by Crippen LogP contribution is -2.22. The first kappa shape index (κ1) is 22.0. The molecule has 0 spiro atoms. The third-order valence-corrected chi connectivity index (χ3v) is 6.75. The van der Waals surface area contributed by atoms with Gasteiger partial charge in [-0.15, -0.1) is 0 Å². The minimum Gasteiger partial charge on any atom is -0.302 e. The number of aromatic amines is 1. The molecule has 34 heavy (non-hydrogen) atoms. The molecule has 5 rings (SSSR count).